The maximum Gasteiger partial charge on any atom is 0.244 e. The van der Waals surface area contributed by atoms with Gasteiger partial charge in [-0.15, -0.1) is 11.3 Å². The first-order chi connectivity index (χ1) is 9.96. The number of hydrogen-bond donors (Lipinski definition) is 1. The molecule has 1 atom stereocenters. The summed E-state index contributed by atoms with van der Waals surface area (Å²) in [6, 6.07) is 2.51. The second-order valence-corrected chi connectivity index (χ2v) is 9.02. The van der Waals surface area contributed by atoms with Gasteiger partial charge in [0.1, 0.15) is 0 Å². The Bertz CT molecular complexity index is 595. The molecule has 1 aliphatic heterocycles. The molecule has 21 heavy (non-hydrogen) atoms. The topological polar surface area (TPSA) is 52.7 Å². The van der Waals surface area contributed by atoms with Gasteiger partial charge in [-0.1, -0.05) is 0 Å². The van der Waals surface area contributed by atoms with Crippen molar-refractivity contribution in [1.82, 2.24) is 14.5 Å². The molecule has 1 N–H and O–H groups in total. The van der Waals surface area contributed by atoms with E-state index < -0.39 is 10.0 Å². The van der Waals surface area contributed by atoms with Gasteiger partial charge < -0.3 is 10.2 Å². The van der Waals surface area contributed by atoms with Gasteiger partial charge in [0.15, 0.2) is 0 Å². The lowest BCUT2D eigenvalue weighted by Crippen LogP contribution is -2.52. The van der Waals surface area contributed by atoms with E-state index in [-0.39, 0.29) is 6.04 Å². The van der Waals surface area contributed by atoms with Crippen molar-refractivity contribution in [2.45, 2.75) is 43.3 Å². The molecule has 5 nitrogen and oxygen atoms in total. The first-order valence-electron chi connectivity index (χ1n) is 7.48. The van der Waals surface area contributed by atoms with Gasteiger partial charge in [0.05, 0.1) is 4.90 Å². The summed E-state index contributed by atoms with van der Waals surface area (Å²) in [7, 11) is -1.31. The highest BCUT2D eigenvalue weighted by Gasteiger charge is 2.33. The first kappa shape index (κ1) is 15.4. The van der Waals surface area contributed by atoms with E-state index in [9.17, 15) is 8.42 Å². The minimum Gasteiger partial charge on any atom is -0.309 e. The Morgan fingerprint density at radius 2 is 2.14 bits per heavy atom. The fourth-order valence-corrected chi connectivity index (χ4v) is 5.56. The van der Waals surface area contributed by atoms with E-state index in [0.29, 0.717) is 17.5 Å². The quantitative estimate of drug-likeness (QED) is 0.885. The van der Waals surface area contributed by atoms with Crippen molar-refractivity contribution in [3.05, 3.63) is 16.3 Å². The predicted molar refractivity (Wildman–Crippen MR) is 85.0 cm³/mol. The van der Waals surface area contributed by atoms with E-state index in [1.54, 1.807) is 9.69 Å². The molecule has 0 bridgehead atoms. The molecule has 0 amide bonds. The number of likely N-dealkylation sites (N-methyl/N-ethyl adjacent to an activating group) is 1. The van der Waals surface area contributed by atoms with Gasteiger partial charge in [0, 0.05) is 48.5 Å². The van der Waals surface area contributed by atoms with E-state index in [0.717, 1.165) is 24.5 Å². The van der Waals surface area contributed by atoms with Gasteiger partial charge in [0.25, 0.3) is 0 Å². The van der Waals surface area contributed by atoms with Crippen molar-refractivity contribution in [3.63, 3.8) is 0 Å². The maximum atomic E-state index is 12.8. The molecular formula is C14H23N3O2S2. The Labute approximate surface area is 131 Å². The average Bonchev–Trinajstić information content (AvgIpc) is 3.12. The molecule has 1 aliphatic carbocycles. The number of hydrogen-bond acceptors (Lipinski definition) is 5. The van der Waals surface area contributed by atoms with Crippen LogP contribution in [0.25, 0.3) is 0 Å². The summed E-state index contributed by atoms with van der Waals surface area (Å²) < 4.78 is 27.2. The highest BCUT2D eigenvalue weighted by atomic mass is 32.2. The van der Waals surface area contributed by atoms with E-state index in [4.69, 9.17) is 0 Å². The number of piperazine rings is 1. The second-order valence-electron chi connectivity index (χ2n) is 6.13. The van der Waals surface area contributed by atoms with E-state index in [1.165, 1.54) is 24.2 Å². The van der Waals surface area contributed by atoms with Gasteiger partial charge >= 0.3 is 0 Å². The Kier molecular flexibility index (Phi) is 4.38. The van der Waals surface area contributed by atoms with Crippen LogP contribution in [-0.4, -0.2) is 56.4 Å². The summed E-state index contributed by atoms with van der Waals surface area (Å²) in [5.74, 6) is 0. The van der Waals surface area contributed by atoms with Gasteiger partial charge in [-0.2, -0.15) is 4.31 Å². The Hall–Kier alpha value is -0.470. The van der Waals surface area contributed by atoms with Crippen LogP contribution in [0.5, 0.6) is 0 Å². The third kappa shape index (κ3) is 3.48. The van der Waals surface area contributed by atoms with Crippen molar-refractivity contribution in [1.29, 1.82) is 0 Å². The average molecular weight is 329 g/mol. The van der Waals surface area contributed by atoms with Crippen molar-refractivity contribution in [2.75, 3.05) is 26.7 Å². The largest absolute Gasteiger partial charge is 0.309 e. The zero-order valence-corrected chi connectivity index (χ0v) is 14.2. The molecule has 0 spiro atoms. The summed E-state index contributed by atoms with van der Waals surface area (Å²) in [5.41, 5.74) is 0. The zero-order chi connectivity index (χ0) is 15.0. The lowest BCUT2D eigenvalue weighted by atomic mass is 10.2. The van der Waals surface area contributed by atoms with Crippen LogP contribution in [0.15, 0.2) is 16.3 Å². The van der Waals surface area contributed by atoms with Crippen LogP contribution >= 0.6 is 11.3 Å². The molecule has 1 saturated heterocycles. The second kappa shape index (κ2) is 5.96. The minimum atomic E-state index is -3.35. The van der Waals surface area contributed by atoms with Crippen molar-refractivity contribution in [3.8, 4) is 0 Å². The summed E-state index contributed by atoms with van der Waals surface area (Å²) >= 11 is 1.53. The number of sulfonamides is 1. The summed E-state index contributed by atoms with van der Waals surface area (Å²) in [5, 5.41) is 5.21. The maximum absolute atomic E-state index is 12.8. The fraction of sp³-hybridized carbons (Fsp3) is 0.714. The van der Waals surface area contributed by atoms with Crippen LogP contribution < -0.4 is 5.32 Å². The summed E-state index contributed by atoms with van der Waals surface area (Å²) in [4.78, 5) is 3.73. The highest BCUT2D eigenvalue weighted by molar-refractivity contribution is 7.89. The van der Waals surface area contributed by atoms with Gasteiger partial charge in [-0.05, 0) is 32.9 Å². The summed E-state index contributed by atoms with van der Waals surface area (Å²) in [6.45, 7) is 4.92. The highest BCUT2D eigenvalue weighted by Crippen LogP contribution is 2.26. The van der Waals surface area contributed by atoms with Crippen LogP contribution in [0, 0.1) is 0 Å². The molecule has 2 aliphatic rings. The molecule has 1 aromatic heterocycles. The SMILES string of the molecule is CC1CN(C)CCN1S(=O)(=O)c1csc(CNC2CC2)c1. The van der Waals surface area contributed by atoms with Crippen LogP contribution in [0.1, 0.15) is 24.6 Å². The number of thiophene rings is 1. The van der Waals surface area contributed by atoms with Crippen LogP contribution in [0.4, 0.5) is 0 Å². The normalized spacial score (nSPS) is 25.3. The molecule has 2 heterocycles. The molecular weight excluding hydrogens is 306 g/mol. The Balaban J connectivity index is 1.71. The Morgan fingerprint density at radius 3 is 2.81 bits per heavy atom. The lowest BCUT2D eigenvalue weighted by Gasteiger charge is -2.36. The third-order valence-electron chi connectivity index (χ3n) is 4.15. The smallest absolute Gasteiger partial charge is 0.244 e. The third-order valence-corrected chi connectivity index (χ3v) is 7.23. The zero-order valence-electron chi connectivity index (χ0n) is 12.6. The molecule has 1 saturated carbocycles. The minimum absolute atomic E-state index is 0.0293. The number of rotatable bonds is 5. The van der Waals surface area contributed by atoms with E-state index in [2.05, 4.69) is 10.2 Å². The molecule has 1 unspecified atom stereocenters. The molecule has 1 aromatic rings. The molecule has 3 rings (SSSR count). The molecule has 118 valence electrons. The van der Waals surface area contributed by atoms with Crippen LogP contribution in [0.2, 0.25) is 0 Å². The van der Waals surface area contributed by atoms with Gasteiger partial charge in [-0.25, -0.2) is 8.42 Å². The molecule has 0 aromatic carbocycles. The van der Waals surface area contributed by atoms with Gasteiger partial charge in [-0.3, -0.25) is 0 Å². The van der Waals surface area contributed by atoms with Crippen LogP contribution in [-0.2, 0) is 16.6 Å². The van der Waals surface area contributed by atoms with Crippen molar-refractivity contribution in [2.24, 2.45) is 0 Å². The van der Waals surface area contributed by atoms with Crippen molar-refractivity contribution < 1.29 is 8.42 Å². The molecule has 0 radical (unpaired) electrons. The van der Waals surface area contributed by atoms with E-state index >= 15 is 0 Å². The standard InChI is InChI=1S/C14H23N3O2S2/c1-11-9-16(2)5-6-17(11)21(18,19)14-7-13(20-10-14)8-15-12-3-4-12/h7,10-12,15H,3-6,8-9H2,1-2H3. The predicted octanol–water partition coefficient (Wildman–Crippen LogP) is 1.32. The fourth-order valence-electron chi connectivity index (χ4n) is 2.74. The summed E-state index contributed by atoms with van der Waals surface area (Å²) in [6.07, 6.45) is 2.49. The molecule has 7 heteroatoms. The molecule has 2 fully saturated rings. The van der Waals surface area contributed by atoms with Crippen LogP contribution in [0.3, 0.4) is 0 Å². The Morgan fingerprint density at radius 1 is 1.38 bits per heavy atom. The van der Waals surface area contributed by atoms with Crippen molar-refractivity contribution >= 4 is 21.4 Å². The number of nitrogens with zero attached hydrogens (tertiary/aromatic N) is 2. The number of nitrogens with one attached hydrogen (secondary N) is 1. The first-order valence-corrected chi connectivity index (χ1v) is 9.80. The monoisotopic (exact) mass is 329 g/mol. The van der Waals surface area contributed by atoms with Gasteiger partial charge in [0.2, 0.25) is 10.0 Å². The lowest BCUT2D eigenvalue weighted by molar-refractivity contribution is 0.170. The van der Waals surface area contributed by atoms with E-state index in [1.807, 2.05) is 20.0 Å².